The summed E-state index contributed by atoms with van der Waals surface area (Å²) in [4.78, 5) is 6.44. The first-order valence-corrected chi connectivity index (χ1v) is 8.76. The van der Waals surface area contributed by atoms with E-state index in [-0.39, 0.29) is 13.2 Å². The van der Waals surface area contributed by atoms with Crippen molar-refractivity contribution in [2.75, 3.05) is 38.2 Å². The van der Waals surface area contributed by atoms with Crippen LogP contribution in [0, 0.1) is 0 Å². The molecule has 1 atom stereocenters. The molecule has 2 aromatic rings. The van der Waals surface area contributed by atoms with E-state index in [0.29, 0.717) is 24.2 Å². The second-order valence-electron chi connectivity index (χ2n) is 6.00. The summed E-state index contributed by atoms with van der Waals surface area (Å²) in [5.41, 5.74) is 1.95. The number of nitrogens with one attached hydrogen (secondary N) is 1. The number of anilines is 1. The molecule has 6 heteroatoms. The normalized spacial score (nSPS) is 12.7. The predicted octanol–water partition coefficient (Wildman–Crippen LogP) is 2.76. The fourth-order valence-electron chi connectivity index (χ4n) is 2.82. The zero-order chi connectivity index (χ0) is 17.4. The molecule has 0 aliphatic carbocycles. The Kier molecular flexibility index (Phi) is 7.72. The summed E-state index contributed by atoms with van der Waals surface area (Å²) in [5, 5.41) is 23.4. The Morgan fingerprint density at radius 3 is 2.62 bits per heavy atom. The highest BCUT2D eigenvalue weighted by molar-refractivity contribution is 6.31. The van der Waals surface area contributed by atoms with Gasteiger partial charge in [-0.15, -0.1) is 0 Å². The molecule has 1 aromatic heterocycles. The molecule has 0 aliphatic rings. The maximum Gasteiger partial charge on any atom is 0.0737 e. The van der Waals surface area contributed by atoms with E-state index < -0.39 is 0 Å². The third kappa shape index (κ3) is 5.60. The summed E-state index contributed by atoms with van der Waals surface area (Å²) in [6.45, 7) is 4.50. The molecule has 0 spiro atoms. The van der Waals surface area contributed by atoms with E-state index in [2.05, 4.69) is 22.1 Å². The van der Waals surface area contributed by atoms with E-state index in [1.54, 1.807) is 6.20 Å². The van der Waals surface area contributed by atoms with Crippen molar-refractivity contribution in [1.29, 1.82) is 0 Å². The number of hydrogen-bond donors (Lipinski definition) is 3. The van der Waals surface area contributed by atoms with Crippen LogP contribution in [0.4, 0.5) is 5.69 Å². The smallest absolute Gasteiger partial charge is 0.0737 e. The highest BCUT2D eigenvalue weighted by atomic mass is 35.5. The van der Waals surface area contributed by atoms with Gasteiger partial charge in [-0.1, -0.05) is 11.6 Å². The standard InChI is InChI=1S/C18H26ClN3O2/c1-14(3-2-8-22(9-11-23)10-12-24)21-17-6-7-20-18-13-15(19)4-5-16(17)18/h4-7,13-14,23-24H,2-3,8-12H2,1H3,(H,20,21). The maximum atomic E-state index is 9.04. The van der Waals surface area contributed by atoms with Crippen molar-refractivity contribution < 1.29 is 10.2 Å². The maximum absolute atomic E-state index is 9.04. The summed E-state index contributed by atoms with van der Waals surface area (Å²) in [5.74, 6) is 0. The van der Waals surface area contributed by atoms with E-state index in [1.807, 2.05) is 24.3 Å². The Bertz CT molecular complexity index is 633. The molecule has 0 fully saturated rings. The molecule has 1 unspecified atom stereocenters. The fourth-order valence-corrected chi connectivity index (χ4v) is 2.99. The van der Waals surface area contributed by atoms with Crippen LogP contribution in [0.5, 0.6) is 0 Å². The summed E-state index contributed by atoms with van der Waals surface area (Å²) < 4.78 is 0. The number of pyridine rings is 1. The second-order valence-corrected chi connectivity index (χ2v) is 6.43. The van der Waals surface area contributed by atoms with E-state index in [0.717, 1.165) is 36.0 Å². The highest BCUT2D eigenvalue weighted by Gasteiger charge is 2.08. The fraction of sp³-hybridized carbons (Fsp3) is 0.500. The number of fused-ring (bicyclic) bond motifs is 1. The Balaban J connectivity index is 1.89. The lowest BCUT2D eigenvalue weighted by molar-refractivity contribution is 0.159. The van der Waals surface area contributed by atoms with E-state index in [1.165, 1.54) is 0 Å². The van der Waals surface area contributed by atoms with Crippen LogP contribution in [0.2, 0.25) is 5.02 Å². The van der Waals surface area contributed by atoms with Crippen LogP contribution in [0.1, 0.15) is 19.8 Å². The monoisotopic (exact) mass is 351 g/mol. The van der Waals surface area contributed by atoms with Gasteiger partial charge in [0.15, 0.2) is 0 Å². The summed E-state index contributed by atoms with van der Waals surface area (Å²) in [6.07, 6.45) is 3.80. The van der Waals surface area contributed by atoms with Crippen molar-refractivity contribution in [1.82, 2.24) is 9.88 Å². The topological polar surface area (TPSA) is 68.6 Å². The number of halogens is 1. The van der Waals surface area contributed by atoms with Crippen molar-refractivity contribution in [3.8, 4) is 0 Å². The molecule has 3 N–H and O–H groups in total. The lowest BCUT2D eigenvalue weighted by Crippen LogP contribution is -2.31. The third-order valence-corrected chi connectivity index (χ3v) is 4.29. The molecule has 0 saturated carbocycles. The zero-order valence-electron chi connectivity index (χ0n) is 14.1. The van der Waals surface area contributed by atoms with Gasteiger partial charge in [0.05, 0.1) is 18.7 Å². The molecular formula is C18H26ClN3O2. The minimum Gasteiger partial charge on any atom is -0.395 e. The zero-order valence-corrected chi connectivity index (χ0v) is 14.8. The van der Waals surface area contributed by atoms with Crippen LogP contribution < -0.4 is 5.32 Å². The van der Waals surface area contributed by atoms with Gasteiger partial charge in [-0.2, -0.15) is 0 Å². The van der Waals surface area contributed by atoms with Crippen LogP contribution >= 0.6 is 11.6 Å². The summed E-state index contributed by atoms with van der Waals surface area (Å²) >= 11 is 6.03. The number of benzene rings is 1. The van der Waals surface area contributed by atoms with Crippen LogP contribution in [-0.4, -0.2) is 59.0 Å². The number of nitrogens with zero attached hydrogens (tertiary/aromatic N) is 2. The molecule has 132 valence electrons. The van der Waals surface area contributed by atoms with E-state index >= 15 is 0 Å². The average Bonchev–Trinajstić information content (AvgIpc) is 2.55. The Morgan fingerprint density at radius 1 is 1.17 bits per heavy atom. The molecule has 0 bridgehead atoms. The number of rotatable bonds is 10. The molecule has 0 amide bonds. The van der Waals surface area contributed by atoms with Gasteiger partial charge >= 0.3 is 0 Å². The van der Waals surface area contributed by atoms with Crippen molar-refractivity contribution in [2.45, 2.75) is 25.8 Å². The molecule has 2 rings (SSSR count). The lowest BCUT2D eigenvalue weighted by Gasteiger charge is -2.22. The van der Waals surface area contributed by atoms with Crippen molar-refractivity contribution in [2.24, 2.45) is 0 Å². The van der Waals surface area contributed by atoms with Crippen LogP contribution in [0.15, 0.2) is 30.5 Å². The van der Waals surface area contributed by atoms with Crippen molar-refractivity contribution >= 4 is 28.2 Å². The van der Waals surface area contributed by atoms with Crippen LogP contribution in [0.3, 0.4) is 0 Å². The minimum atomic E-state index is 0.124. The molecule has 1 heterocycles. The quantitative estimate of drug-likeness (QED) is 0.614. The number of aromatic nitrogens is 1. The Morgan fingerprint density at radius 2 is 1.92 bits per heavy atom. The first-order valence-electron chi connectivity index (χ1n) is 8.39. The molecule has 24 heavy (non-hydrogen) atoms. The lowest BCUT2D eigenvalue weighted by atomic mass is 10.1. The van der Waals surface area contributed by atoms with Crippen LogP contribution in [-0.2, 0) is 0 Å². The molecule has 5 nitrogen and oxygen atoms in total. The van der Waals surface area contributed by atoms with Gasteiger partial charge in [0.1, 0.15) is 0 Å². The number of aliphatic hydroxyl groups is 2. The molecule has 1 aromatic carbocycles. The van der Waals surface area contributed by atoms with E-state index in [4.69, 9.17) is 21.8 Å². The first-order chi connectivity index (χ1) is 11.6. The van der Waals surface area contributed by atoms with Gasteiger partial charge in [-0.25, -0.2) is 0 Å². The third-order valence-electron chi connectivity index (χ3n) is 4.05. The molecule has 0 radical (unpaired) electrons. The van der Waals surface area contributed by atoms with Crippen molar-refractivity contribution in [3.05, 3.63) is 35.5 Å². The SMILES string of the molecule is CC(CCCN(CCO)CCO)Nc1ccnc2cc(Cl)ccc12. The van der Waals surface area contributed by atoms with Gasteiger partial charge < -0.3 is 15.5 Å². The van der Waals surface area contributed by atoms with Gasteiger partial charge in [0.2, 0.25) is 0 Å². The van der Waals surface area contributed by atoms with Gasteiger partial charge in [-0.3, -0.25) is 9.88 Å². The number of hydrogen-bond acceptors (Lipinski definition) is 5. The molecular weight excluding hydrogens is 326 g/mol. The van der Waals surface area contributed by atoms with E-state index in [9.17, 15) is 0 Å². The average molecular weight is 352 g/mol. The Hall–Kier alpha value is -1.40. The largest absolute Gasteiger partial charge is 0.395 e. The van der Waals surface area contributed by atoms with Gasteiger partial charge in [-0.05, 0) is 50.6 Å². The van der Waals surface area contributed by atoms with Gasteiger partial charge in [0.25, 0.3) is 0 Å². The highest BCUT2D eigenvalue weighted by Crippen LogP contribution is 2.25. The molecule has 0 aliphatic heterocycles. The Labute approximate surface area is 148 Å². The second kappa shape index (κ2) is 9.79. The first kappa shape index (κ1) is 18.9. The minimum absolute atomic E-state index is 0.124. The summed E-state index contributed by atoms with van der Waals surface area (Å²) in [6, 6.07) is 8.04. The van der Waals surface area contributed by atoms with Gasteiger partial charge in [0, 0.05) is 41.4 Å². The van der Waals surface area contributed by atoms with Crippen molar-refractivity contribution in [3.63, 3.8) is 0 Å². The molecule has 0 saturated heterocycles. The van der Waals surface area contributed by atoms with Crippen LogP contribution in [0.25, 0.3) is 10.9 Å². The summed E-state index contributed by atoms with van der Waals surface area (Å²) in [7, 11) is 0. The number of aliphatic hydroxyl groups excluding tert-OH is 2. The predicted molar refractivity (Wildman–Crippen MR) is 99.7 cm³/mol.